The zero-order chi connectivity index (χ0) is 14.0. The van der Waals surface area contributed by atoms with Crippen LogP contribution in [0.1, 0.15) is 21.6 Å². The third-order valence-electron chi connectivity index (χ3n) is 3.37. The lowest BCUT2D eigenvalue weighted by molar-refractivity contribution is 0.0992. The van der Waals surface area contributed by atoms with Gasteiger partial charge >= 0.3 is 0 Å². The predicted molar refractivity (Wildman–Crippen MR) is 78.9 cm³/mol. The van der Waals surface area contributed by atoms with Crippen LogP contribution in [0.4, 0.5) is 5.69 Å². The van der Waals surface area contributed by atoms with Gasteiger partial charge in [-0.15, -0.1) is 0 Å². The van der Waals surface area contributed by atoms with Gasteiger partial charge in [0.25, 0.3) is 0 Å². The average Bonchev–Trinajstić information content (AvgIpc) is 2.75. The molecule has 0 radical (unpaired) electrons. The van der Waals surface area contributed by atoms with E-state index in [1.165, 1.54) is 11.1 Å². The third kappa shape index (κ3) is 2.87. The molecule has 0 aliphatic carbocycles. The number of anilines is 1. The van der Waals surface area contributed by atoms with Crippen LogP contribution in [0.3, 0.4) is 0 Å². The van der Waals surface area contributed by atoms with Crippen molar-refractivity contribution >= 4 is 11.5 Å². The van der Waals surface area contributed by atoms with Crippen LogP contribution in [0.25, 0.3) is 0 Å². The largest absolute Gasteiger partial charge is 0.367 e. The molecule has 19 heavy (non-hydrogen) atoms. The Kier molecular flexibility index (Phi) is 3.74. The van der Waals surface area contributed by atoms with Crippen LogP contribution in [-0.2, 0) is 7.05 Å². The number of benzene rings is 1. The van der Waals surface area contributed by atoms with Gasteiger partial charge in [0.2, 0.25) is 0 Å². The number of hydrogen-bond acceptors (Lipinski definition) is 2. The molecule has 100 valence electrons. The minimum absolute atomic E-state index is 0.134. The zero-order valence-corrected chi connectivity index (χ0v) is 12.0. The van der Waals surface area contributed by atoms with Crippen molar-refractivity contribution in [1.82, 2.24) is 4.57 Å². The fraction of sp³-hybridized carbons (Fsp3) is 0.312. The van der Waals surface area contributed by atoms with Gasteiger partial charge < -0.3 is 9.47 Å². The summed E-state index contributed by atoms with van der Waals surface area (Å²) in [4.78, 5) is 14.2. The number of aryl methyl sites for hydroxylation is 3. The van der Waals surface area contributed by atoms with Crippen molar-refractivity contribution in [2.75, 3.05) is 18.5 Å². The average molecular weight is 256 g/mol. The summed E-state index contributed by atoms with van der Waals surface area (Å²) in [7, 11) is 3.85. The Labute approximate surface area is 114 Å². The normalized spacial score (nSPS) is 10.5. The Morgan fingerprint density at radius 2 is 2.00 bits per heavy atom. The fourth-order valence-electron chi connectivity index (χ4n) is 2.37. The SMILES string of the molecule is Cc1ccc(N(C)CC(=O)c2cccn2C)c(C)c1. The van der Waals surface area contributed by atoms with Crippen LogP contribution < -0.4 is 4.90 Å². The molecule has 0 unspecified atom stereocenters. The van der Waals surface area contributed by atoms with E-state index in [-0.39, 0.29) is 5.78 Å². The van der Waals surface area contributed by atoms with E-state index >= 15 is 0 Å². The molecule has 0 amide bonds. The Morgan fingerprint density at radius 3 is 2.58 bits per heavy atom. The van der Waals surface area contributed by atoms with Crippen molar-refractivity contribution in [3.8, 4) is 0 Å². The molecule has 2 aromatic rings. The van der Waals surface area contributed by atoms with E-state index in [4.69, 9.17) is 0 Å². The maximum absolute atomic E-state index is 12.2. The second-order valence-corrected chi connectivity index (χ2v) is 5.07. The van der Waals surface area contributed by atoms with Gasteiger partial charge in [0, 0.05) is 26.0 Å². The zero-order valence-electron chi connectivity index (χ0n) is 12.0. The number of carbonyl (C=O) groups excluding carboxylic acids is 1. The molecule has 0 atom stereocenters. The van der Waals surface area contributed by atoms with Crippen molar-refractivity contribution < 1.29 is 4.79 Å². The highest BCUT2D eigenvalue weighted by atomic mass is 16.1. The van der Waals surface area contributed by atoms with E-state index in [0.717, 1.165) is 11.4 Å². The third-order valence-corrected chi connectivity index (χ3v) is 3.37. The lowest BCUT2D eigenvalue weighted by Crippen LogP contribution is -2.27. The molecule has 0 saturated carbocycles. The van der Waals surface area contributed by atoms with Gasteiger partial charge in [-0.1, -0.05) is 17.7 Å². The number of hydrogen-bond donors (Lipinski definition) is 0. The molecule has 1 aromatic heterocycles. The Balaban J connectivity index is 2.15. The molecule has 3 heteroatoms. The molecule has 3 nitrogen and oxygen atoms in total. The van der Waals surface area contributed by atoms with Gasteiger partial charge in [0.05, 0.1) is 12.2 Å². The van der Waals surface area contributed by atoms with E-state index in [9.17, 15) is 4.79 Å². The van der Waals surface area contributed by atoms with Crippen molar-refractivity contribution in [2.45, 2.75) is 13.8 Å². The minimum Gasteiger partial charge on any atom is -0.367 e. The Bertz CT molecular complexity index is 599. The molecule has 1 heterocycles. The molecule has 2 rings (SSSR count). The van der Waals surface area contributed by atoms with Gasteiger partial charge in [-0.25, -0.2) is 0 Å². The highest BCUT2D eigenvalue weighted by Gasteiger charge is 2.13. The summed E-state index contributed by atoms with van der Waals surface area (Å²) in [5.74, 6) is 0.134. The standard InChI is InChI=1S/C16H20N2O/c1-12-7-8-14(13(2)10-12)18(4)11-16(19)15-6-5-9-17(15)3/h5-10H,11H2,1-4H3. The molecule has 0 N–H and O–H groups in total. The number of Topliss-reactive ketones (excluding diaryl/α,β-unsaturated/α-hetero) is 1. The molecule has 1 aromatic carbocycles. The number of ketones is 1. The van der Waals surface area contributed by atoms with Crippen molar-refractivity contribution in [3.63, 3.8) is 0 Å². The quantitative estimate of drug-likeness (QED) is 0.786. The smallest absolute Gasteiger partial charge is 0.198 e. The summed E-state index contributed by atoms with van der Waals surface area (Å²) < 4.78 is 1.86. The van der Waals surface area contributed by atoms with Crippen molar-refractivity contribution in [2.24, 2.45) is 7.05 Å². The van der Waals surface area contributed by atoms with Gasteiger partial charge in [-0.2, -0.15) is 0 Å². The van der Waals surface area contributed by atoms with Gasteiger partial charge in [-0.3, -0.25) is 4.79 Å². The van der Waals surface area contributed by atoms with Gasteiger partial charge in [0.15, 0.2) is 5.78 Å². The van der Waals surface area contributed by atoms with Crippen LogP contribution in [0.15, 0.2) is 36.5 Å². The Morgan fingerprint density at radius 1 is 1.26 bits per heavy atom. The molecule has 0 aliphatic rings. The van der Waals surface area contributed by atoms with Crippen molar-refractivity contribution in [3.05, 3.63) is 53.3 Å². The first-order valence-electron chi connectivity index (χ1n) is 6.42. The van der Waals surface area contributed by atoms with E-state index in [2.05, 4.69) is 32.0 Å². The first kappa shape index (κ1) is 13.4. The van der Waals surface area contributed by atoms with Crippen LogP contribution in [0.2, 0.25) is 0 Å². The van der Waals surface area contributed by atoms with E-state index in [1.54, 1.807) is 0 Å². The predicted octanol–water partition coefficient (Wildman–Crippen LogP) is 2.96. The molecule has 0 aliphatic heterocycles. The first-order chi connectivity index (χ1) is 8.99. The second kappa shape index (κ2) is 5.31. The summed E-state index contributed by atoms with van der Waals surface area (Å²) in [5.41, 5.74) is 4.29. The summed E-state index contributed by atoms with van der Waals surface area (Å²) in [6.45, 7) is 4.54. The van der Waals surface area contributed by atoms with E-state index in [1.807, 2.05) is 41.9 Å². The molecular formula is C16H20N2O. The first-order valence-corrected chi connectivity index (χ1v) is 6.42. The highest BCUT2D eigenvalue weighted by Crippen LogP contribution is 2.20. The lowest BCUT2D eigenvalue weighted by Gasteiger charge is -2.21. The summed E-state index contributed by atoms with van der Waals surface area (Å²) in [6, 6.07) is 10.0. The molecule has 0 bridgehead atoms. The van der Waals surface area contributed by atoms with E-state index in [0.29, 0.717) is 6.54 Å². The molecular weight excluding hydrogens is 236 g/mol. The maximum atomic E-state index is 12.2. The second-order valence-electron chi connectivity index (χ2n) is 5.07. The van der Waals surface area contributed by atoms with Crippen molar-refractivity contribution in [1.29, 1.82) is 0 Å². The summed E-state index contributed by atoms with van der Waals surface area (Å²) >= 11 is 0. The van der Waals surface area contributed by atoms with Crippen LogP contribution >= 0.6 is 0 Å². The fourth-order valence-corrected chi connectivity index (χ4v) is 2.37. The van der Waals surface area contributed by atoms with Crippen LogP contribution in [0.5, 0.6) is 0 Å². The Hall–Kier alpha value is -2.03. The minimum atomic E-state index is 0.134. The van der Waals surface area contributed by atoms with E-state index < -0.39 is 0 Å². The van der Waals surface area contributed by atoms with Crippen LogP contribution in [-0.4, -0.2) is 23.9 Å². The number of rotatable bonds is 4. The van der Waals surface area contributed by atoms with Gasteiger partial charge in [-0.05, 0) is 37.6 Å². The number of aromatic nitrogens is 1. The molecule has 0 spiro atoms. The molecule has 0 saturated heterocycles. The van der Waals surface area contributed by atoms with Gasteiger partial charge in [0.1, 0.15) is 0 Å². The highest BCUT2D eigenvalue weighted by molar-refractivity contribution is 5.98. The summed E-state index contributed by atoms with van der Waals surface area (Å²) in [6.07, 6.45) is 1.89. The topological polar surface area (TPSA) is 25.2 Å². The summed E-state index contributed by atoms with van der Waals surface area (Å²) in [5, 5.41) is 0. The maximum Gasteiger partial charge on any atom is 0.198 e. The number of carbonyl (C=O) groups is 1. The monoisotopic (exact) mass is 256 g/mol. The lowest BCUT2D eigenvalue weighted by atomic mass is 10.1. The number of nitrogens with zero attached hydrogens (tertiary/aromatic N) is 2. The van der Waals surface area contributed by atoms with Crippen LogP contribution in [0, 0.1) is 13.8 Å². The molecule has 0 fully saturated rings. The number of likely N-dealkylation sites (N-methyl/N-ethyl adjacent to an activating group) is 1.